The van der Waals surface area contributed by atoms with Crippen LogP contribution in [0.2, 0.25) is 0 Å². The molecule has 0 spiro atoms. The largest absolute Gasteiger partial charge is 0.506 e. The number of phenolic OH excluding ortho intramolecular Hbond substituents is 1. The number of carbonyl (C=O) groups excluding carboxylic acids is 1. The fraction of sp³-hybridized carbons (Fsp3) is 0.0667. The summed E-state index contributed by atoms with van der Waals surface area (Å²) in [6.45, 7) is 0.0382. The minimum Gasteiger partial charge on any atom is -0.506 e. The molecule has 0 atom stereocenters. The molecule has 0 fully saturated rings. The highest BCUT2D eigenvalue weighted by Crippen LogP contribution is 2.24. The van der Waals surface area contributed by atoms with Crippen molar-refractivity contribution in [2.45, 2.75) is 6.61 Å². The Morgan fingerprint density at radius 2 is 2.05 bits per heavy atom. The van der Waals surface area contributed by atoms with Crippen molar-refractivity contribution >= 4 is 11.8 Å². The van der Waals surface area contributed by atoms with E-state index in [0.717, 1.165) is 17.7 Å². The maximum absolute atomic E-state index is 13.6. The third-order valence-electron chi connectivity index (χ3n) is 2.66. The number of nitrogens with zero attached hydrogens (tertiary/aromatic N) is 1. The van der Waals surface area contributed by atoms with Crippen LogP contribution in [0, 0.1) is 17.1 Å². The number of hydrogen-bond acceptors (Lipinski definition) is 4. The van der Waals surface area contributed by atoms with Gasteiger partial charge >= 0.3 is 6.09 Å². The van der Waals surface area contributed by atoms with Gasteiger partial charge in [0.15, 0.2) is 0 Å². The van der Waals surface area contributed by atoms with Crippen LogP contribution in [0.25, 0.3) is 0 Å². The number of benzene rings is 2. The van der Waals surface area contributed by atoms with E-state index in [-0.39, 0.29) is 17.9 Å². The van der Waals surface area contributed by atoms with Crippen molar-refractivity contribution in [2.75, 3.05) is 5.32 Å². The van der Waals surface area contributed by atoms with E-state index in [1.807, 2.05) is 6.07 Å². The van der Waals surface area contributed by atoms with Gasteiger partial charge in [-0.2, -0.15) is 5.26 Å². The van der Waals surface area contributed by atoms with Gasteiger partial charge in [0.05, 0.1) is 11.3 Å². The van der Waals surface area contributed by atoms with Gasteiger partial charge in [0.25, 0.3) is 0 Å². The maximum Gasteiger partial charge on any atom is 0.412 e. The molecule has 0 aliphatic rings. The van der Waals surface area contributed by atoms with Crippen molar-refractivity contribution < 1.29 is 19.0 Å². The standard InChI is InChI=1S/C15H11FN2O3/c16-12-6-11(8-17)14(19)7-13(12)18-15(20)21-9-10-4-2-1-3-5-10/h1-7,19H,9H2,(H,18,20). The quantitative estimate of drug-likeness (QED) is 0.908. The molecule has 5 nitrogen and oxygen atoms in total. The molecule has 6 heteroatoms. The molecular weight excluding hydrogens is 275 g/mol. The van der Waals surface area contributed by atoms with E-state index in [1.165, 1.54) is 0 Å². The van der Waals surface area contributed by atoms with Crippen molar-refractivity contribution in [3.8, 4) is 11.8 Å². The first-order valence-corrected chi connectivity index (χ1v) is 6.00. The van der Waals surface area contributed by atoms with Crippen molar-refractivity contribution in [3.63, 3.8) is 0 Å². The Balaban J connectivity index is 2.00. The Hall–Kier alpha value is -3.07. The zero-order valence-electron chi connectivity index (χ0n) is 10.8. The monoisotopic (exact) mass is 286 g/mol. The number of anilines is 1. The van der Waals surface area contributed by atoms with Crippen LogP contribution in [0.1, 0.15) is 11.1 Å². The van der Waals surface area contributed by atoms with Gasteiger partial charge in [0.2, 0.25) is 0 Å². The second-order valence-corrected chi connectivity index (χ2v) is 4.15. The Labute approximate surface area is 120 Å². The lowest BCUT2D eigenvalue weighted by molar-refractivity contribution is 0.155. The number of nitrogens with one attached hydrogen (secondary N) is 1. The predicted molar refractivity (Wildman–Crippen MR) is 73.0 cm³/mol. The predicted octanol–water partition coefficient (Wildman–Crippen LogP) is 3.15. The number of rotatable bonds is 3. The van der Waals surface area contributed by atoms with Gasteiger partial charge in [-0.3, -0.25) is 5.32 Å². The lowest BCUT2D eigenvalue weighted by atomic mass is 10.2. The molecule has 0 aliphatic carbocycles. The van der Waals surface area contributed by atoms with E-state index in [0.29, 0.717) is 0 Å². The first-order valence-electron chi connectivity index (χ1n) is 6.00. The summed E-state index contributed by atoms with van der Waals surface area (Å²) in [6, 6.07) is 12.4. The van der Waals surface area contributed by atoms with Crippen LogP contribution in [0.15, 0.2) is 42.5 Å². The van der Waals surface area contributed by atoms with Crippen LogP contribution in [0.3, 0.4) is 0 Å². The van der Waals surface area contributed by atoms with Gasteiger partial charge in [-0.1, -0.05) is 30.3 Å². The summed E-state index contributed by atoms with van der Waals surface area (Å²) in [5, 5.41) is 20.3. The molecular formula is C15H11FN2O3. The molecule has 1 amide bonds. The summed E-state index contributed by atoms with van der Waals surface area (Å²) >= 11 is 0. The molecule has 2 rings (SSSR count). The number of halogens is 1. The van der Waals surface area contributed by atoms with Crippen molar-refractivity contribution in [3.05, 3.63) is 59.4 Å². The molecule has 0 saturated carbocycles. The zero-order valence-corrected chi connectivity index (χ0v) is 10.8. The van der Waals surface area contributed by atoms with E-state index in [2.05, 4.69) is 5.32 Å². The first kappa shape index (κ1) is 14.3. The summed E-state index contributed by atoms with van der Waals surface area (Å²) in [4.78, 5) is 11.6. The summed E-state index contributed by atoms with van der Waals surface area (Å²) in [5.41, 5.74) is 0.316. The Kier molecular flexibility index (Phi) is 4.36. The Morgan fingerprint density at radius 3 is 2.71 bits per heavy atom. The Bertz CT molecular complexity index is 696. The zero-order chi connectivity index (χ0) is 15.2. The van der Waals surface area contributed by atoms with Crippen molar-refractivity contribution in [1.82, 2.24) is 0 Å². The van der Waals surface area contributed by atoms with Gasteiger partial charge in [0, 0.05) is 6.07 Å². The highest BCUT2D eigenvalue weighted by atomic mass is 19.1. The van der Waals surface area contributed by atoms with E-state index in [4.69, 9.17) is 10.00 Å². The lowest BCUT2D eigenvalue weighted by Crippen LogP contribution is -2.14. The van der Waals surface area contributed by atoms with Crippen molar-refractivity contribution in [1.29, 1.82) is 5.26 Å². The molecule has 0 heterocycles. The maximum atomic E-state index is 13.6. The number of aromatic hydroxyl groups is 1. The molecule has 0 radical (unpaired) electrons. The fourth-order valence-corrected chi connectivity index (χ4v) is 1.62. The van der Waals surface area contributed by atoms with Crippen LogP contribution in [0.5, 0.6) is 5.75 Å². The van der Waals surface area contributed by atoms with E-state index < -0.39 is 17.7 Å². The summed E-state index contributed by atoms with van der Waals surface area (Å²) in [7, 11) is 0. The van der Waals surface area contributed by atoms with Gasteiger partial charge in [-0.15, -0.1) is 0 Å². The lowest BCUT2D eigenvalue weighted by Gasteiger charge is -2.08. The fourth-order valence-electron chi connectivity index (χ4n) is 1.62. The molecule has 0 aromatic heterocycles. The van der Waals surface area contributed by atoms with E-state index in [9.17, 15) is 14.3 Å². The normalized spacial score (nSPS) is 9.71. The molecule has 0 aliphatic heterocycles. The van der Waals surface area contributed by atoms with Gasteiger partial charge in [-0.25, -0.2) is 9.18 Å². The SMILES string of the molecule is N#Cc1cc(F)c(NC(=O)OCc2ccccc2)cc1O. The van der Waals surface area contributed by atoms with Crippen LogP contribution in [-0.2, 0) is 11.3 Å². The minimum absolute atomic E-state index is 0.0382. The number of ether oxygens (including phenoxy) is 1. The molecule has 21 heavy (non-hydrogen) atoms. The van der Waals surface area contributed by atoms with E-state index >= 15 is 0 Å². The minimum atomic E-state index is -0.859. The first-order chi connectivity index (χ1) is 10.1. The van der Waals surface area contributed by atoms with Gasteiger partial charge < -0.3 is 9.84 Å². The second kappa shape index (κ2) is 6.39. The molecule has 0 saturated heterocycles. The molecule has 2 N–H and O–H groups in total. The molecule has 0 unspecified atom stereocenters. The average molecular weight is 286 g/mol. The number of carbonyl (C=O) groups is 1. The summed E-state index contributed by atoms with van der Waals surface area (Å²) < 4.78 is 18.5. The number of nitriles is 1. The molecule has 0 bridgehead atoms. The summed E-state index contributed by atoms with van der Waals surface area (Å²) in [6.07, 6.45) is -0.859. The topological polar surface area (TPSA) is 82.4 Å². The molecule has 106 valence electrons. The van der Waals surface area contributed by atoms with Crippen LogP contribution in [-0.4, -0.2) is 11.2 Å². The summed E-state index contributed by atoms with van der Waals surface area (Å²) in [5.74, 6) is -1.25. The van der Waals surface area contributed by atoms with Gasteiger partial charge in [-0.05, 0) is 11.6 Å². The van der Waals surface area contributed by atoms with Gasteiger partial charge in [0.1, 0.15) is 24.2 Å². The number of hydrogen-bond donors (Lipinski definition) is 2. The van der Waals surface area contributed by atoms with Crippen molar-refractivity contribution in [2.24, 2.45) is 0 Å². The van der Waals surface area contributed by atoms with E-state index in [1.54, 1.807) is 30.3 Å². The molecule has 2 aromatic rings. The van der Waals surface area contributed by atoms with Crippen LogP contribution < -0.4 is 5.32 Å². The third kappa shape index (κ3) is 3.70. The number of phenols is 1. The molecule has 2 aromatic carbocycles. The number of amides is 1. The van der Waals surface area contributed by atoms with Crippen LogP contribution in [0.4, 0.5) is 14.9 Å². The second-order valence-electron chi connectivity index (χ2n) is 4.15. The Morgan fingerprint density at radius 1 is 1.33 bits per heavy atom. The highest BCUT2D eigenvalue weighted by Gasteiger charge is 2.12. The smallest absolute Gasteiger partial charge is 0.412 e. The average Bonchev–Trinajstić information content (AvgIpc) is 2.49. The van der Waals surface area contributed by atoms with Crippen LogP contribution >= 0.6 is 0 Å². The highest BCUT2D eigenvalue weighted by molar-refractivity contribution is 5.85. The third-order valence-corrected chi connectivity index (χ3v) is 2.66.